The van der Waals surface area contributed by atoms with Crippen LogP contribution in [0.1, 0.15) is 0 Å². The quantitative estimate of drug-likeness (QED) is 0.174. The molecule has 4 nitrogen and oxygen atoms in total. The first-order valence-electron chi connectivity index (χ1n) is 18.1. The van der Waals surface area contributed by atoms with E-state index in [0.29, 0.717) is 5.82 Å². The van der Waals surface area contributed by atoms with Crippen LogP contribution >= 0.6 is 0 Å². The number of fused-ring (bicyclic) bond motifs is 3. The molecule has 0 aliphatic heterocycles. The fourth-order valence-corrected chi connectivity index (χ4v) is 7.20. The van der Waals surface area contributed by atoms with Crippen molar-refractivity contribution in [2.24, 2.45) is 0 Å². The number of hydrogen-bond donors (Lipinski definition) is 0. The maximum Gasteiger partial charge on any atom is 0.160 e. The maximum atomic E-state index is 5.17. The zero-order valence-electron chi connectivity index (χ0n) is 29.3. The molecule has 0 spiro atoms. The molecule has 0 radical (unpaired) electrons. The molecule has 0 saturated carbocycles. The van der Waals surface area contributed by atoms with Gasteiger partial charge in [0.05, 0.1) is 33.8 Å². The zero-order valence-corrected chi connectivity index (χ0v) is 29.3. The molecule has 0 fully saturated rings. The summed E-state index contributed by atoms with van der Waals surface area (Å²) < 4.78 is 0. The van der Waals surface area contributed by atoms with E-state index < -0.39 is 0 Å². The molecule has 2 aromatic heterocycles. The molecule has 0 aliphatic carbocycles. The average molecular weight is 689 g/mol. The minimum absolute atomic E-state index is 0.664. The van der Waals surface area contributed by atoms with Crippen LogP contribution in [-0.4, -0.2) is 19.9 Å². The number of nitrogens with zero attached hydrogens (tertiary/aromatic N) is 4. The van der Waals surface area contributed by atoms with Crippen LogP contribution in [0, 0.1) is 0 Å². The van der Waals surface area contributed by atoms with E-state index in [4.69, 9.17) is 19.9 Å². The Hall–Kier alpha value is -7.30. The Morgan fingerprint density at radius 3 is 1.15 bits per heavy atom. The Bertz CT molecular complexity index is 2870. The van der Waals surface area contributed by atoms with Gasteiger partial charge in [-0.1, -0.05) is 164 Å². The second-order valence-corrected chi connectivity index (χ2v) is 13.5. The molecule has 0 aliphatic rings. The number of aromatic nitrogens is 4. The Balaban J connectivity index is 1.08. The van der Waals surface area contributed by atoms with Crippen molar-refractivity contribution in [3.63, 3.8) is 0 Å². The molecular formula is C50H32N4. The van der Waals surface area contributed by atoms with Crippen LogP contribution in [0.25, 0.3) is 100 Å². The summed E-state index contributed by atoms with van der Waals surface area (Å²) in [7, 11) is 0. The highest BCUT2D eigenvalue weighted by atomic mass is 14.9. The van der Waals surface area contributed by atoms with E-state index >= 15 is 0 Å². The van der Waals surface area contributed by atoms with Gasteiger partial charge in [0.2, 0.25) is 0 Å². The highest BCUT2D eigenvalue weighted by Crippen LogP contribution is 2.35. The first kappa shape index (κ1) is 31.4. The van der Waals surface area contributed by atoms with Gasteiger partial charge in [0.25, 0.3) is 0 Å². The standard InChI is InChI=1S/C50H32N4/c1-2-10-33(11-3-1)36-18-22-37(23-19-36)48-49(52-45-17-9-8-16-44(45)51-48)38-24-26-39(27-25-38)50-53-46(42-28-20-34-12-4-6-14-40(34)30-42)32-47(54-50)43-29-21-35-13-5-7-15-41(35)31-43/h1-32H. The van der Waals surface area contributed by atoms with Crippen LogP contribution in [-0.2, 0) is 0 Å². The van der Waals surface area contributed by atoms with Crippen molar-refractivity contribution in [3.8, 4) is 67.5 Å². The molecule has 54 heavy (non-hydrogen) atoms. The van der Waals surface area contributed by atoms with Gasteiger partial charge in [-0.2, -0.15) is 0 Å². The fourth-order valence-electron chi connectivity index (χ4n) is 7.20. The third-order valence-corrected chi connectivity index (χ3v) is 10.1. The lowest BCUT2D eigenvalue weighted by Crippen LogP contribution is -1.97. The van der Waals surface area contributed by atoms with Gasteiger partial charge in [-0.15, -0.1) is 0 Å². The maximum absolute atomic E-state index is 5.17. The number of rotatable bonds is 6. The van der Waals surface area contributed by atoms with Crippen LogP contribution in [0.2, 0.25) is 0 Å². The van der Waals surface area contributed by atoms with E-state index in [2.05, 4.69) is 164 Å². The van der Waals surface area contributed by atoms with E-state index in [9.17, 15) is 0 Å². The summed E-state index contributed by atoms with van der Waals surface area (Å²) in [6.45, 7) is 0. The zero-order chi connectivity index (χ0) is 35.8. The molecule has 0 bridgehead atoms. The summed E-state index contributed by atoms with van der Waals surface area (Å²) in [4.78, 5) is 20.7. The number of hydrogen-bond acceptors (Lipinski definition) is 4. The molecule has 0 amide bonds. The first-order valence-corrected chi connectivity index (χ1v) is 18.1. The summed E-state index contributed by atoms with van der Waals surface area (Å²) in [6, 6.07) is 67.5. The lowest BCUT2D eigenvalue weighted by molar-refractivity contribution is 1.18. The van der Waals surface area contributed by atoms with Crippen molar-refractivity contribution in [3.05, 3.63) is 194 Å². The fraction of sp³-hybridized carbons (Fsp3) is 0. The minimum Gasteiger partial charge on any atom is -0.244 e. The lowest BCUT2D eigenvalue weighted by Gasteiger charge is -2.13. The van der Waals surface area contributed by atoms with E-state index in [0.717, 1.165) is 67.2 Å². The summed E-state index contributed by atoms with van der Waals surface area (Å²) >= 11 is 0. The Morgan fingerprint density at radius 1 is 0.241 bits per heavy atom. The lowest BCUT2D eigenvalue weighted by atomic mass is 9.99. The van der Waals surface area contributed by atoms with Crippen molar-refractivity contribution < 1.29 is 0 Å². The molecule has 0 unspecified atom stereocenters. The molecule has 8 aromatic carbocycles. The van der Waals surface area contributed by atoms with E-state index in [1.165, 1.54) is 27.1 Å². The van der Waals surface area contributed by atoms with Crippen molar-refractivity contribution in [1.29, 1.82) is 0 Å². The molecule has 0 atom stereocenters. The Kier molecular flexibility index (Phi) is 7.77. The molecule has 10 rings (SSSR count). The highest BCUT2D eigenvalue weighted by Gasteiger charge is 2.16. The van der Waals surface area contributed by atoms with E-state index in [-0.39, 0.29) is 0 Å². The smallest absolute Gasteiger partial charge is 0.160 e. The molecule has 4 heteroatoms. The van der Waals surface area contributed by atoms with Crippen LogP contribution in [0.15, 0.2) is 194 Å². The van der Waals surface area contributed by atoms with Gasteiger partial charge in [0.1, 0.15) is 0 Å². The molecule has 10 aromatic rings. The first-order chi connectivity index (χ1) is 26.7. The van der Waals surface area contributed by atoms with Gasteiger partial charge in [-0.05, 0) is 63.0 Å². The van der Waals surface area contributed by atoms with Crippen molar-refractivity contribution in [2.45, 2.75) is 0 Å². The third kappa shape index (κ3) is 5.96. The molecule has 2 heterocycles. The third-order valence-electron chi connectivity index (χ3n) is 10.1. The van der Waals surface area contributed by atoms with Gasteiger partial charge < -0.3 is 0 Å². The largest absolute Gasteiger partial charge is 0.244 e. The van der Waals surface area contributed by atoms with Gasteiger partial charge >= 0.3 is 0 Å². The van der Waals surface area contributed by atoms with Gasteiger partial charge in [-0.3, -0.25) is 0 Å². The second kappa shape index (κ2) is 13.4. The van der Waals surface area contributed by atoms with E-state index in [1.807, 2.05) is 30.3 Å². The van der Waals surface area contributed by atoms with Gasteiger partial charge in [-0.25, -0.2) is 19.9 Å². The topological polar surface area (TPSA) is 51.6 Å². The average Bonchev–Trinajstić information content (AvgIpc) is 3.26. The number of benzene rings is 8. The normalized spacial score (nSPS) is 11.3. The SMILES string of the molecule is c1ccc(-c2ccc(-c3nc4ccccc4nc3-c3ccc(-c4nc(-c5ccc6ccccc6c5)cc(-c5ccc6ccccc6c5)n4)cc3)cc2)cc1. The van der Waals surface area contributed by atoms with Crippen molar-refractivity contribution in [2.75, 3.05) is 0 Å². The van der Waals surface area contributed by atoms with Crippen LogP contribution < -0.4 is 0 Å². The predicted molar refractivity (Wildman–Crippen MR) is 223 cm³/mol. The van der Waals surface area contributed by atoms with Crippen molar-refractivity contribution in [1.82, 2.24) is 19.9 Å². The van der Waals surface area contributed by atoms with Gasteiger partial charge in [0, 0.05) is 27.8 Å². The van der Waals surface area contributed by atoms with E-state index in [1.54, 1.807) is 0 Å². The molecule has 252 valence electrons. The van der Waals surface area contributed by atoms with Crippen LogP contribution in [0.5, 0.6) is 0 Å². The van der Waals surface area contributed by atoms with Crippen molar-refractivity contribution >= 4 is 32.6 Å². The summed E-state index contributed by atoms with van der Waals surface area (Å²) in [5, 5.41) is 4.75. The minimum atomic E-state index is 0.664. The summed E-state index contributed by atoms with van der Waals surface area (Å²) in [5.74, 6) is 0.664. The predicted octanol–water partition coefficient (Wildman–Crippen LogP) is 12.7. The Morgan fingerprint density at radius 2 is 0.630 bits per heavy atom. The monoisotopic (exact) mass is 688 g/mol. The van der Waals surface area contributed by atoms with Crippen LogP contribution in [0.3, 0.4) is 0 Å². The van der Waals surface area contributed by atoms with Crippen LogP contribution in [0.4, 0.5) is 0 Å². The number of para-hydroxylation sites is 2. The second-order valence-electron chi connectivity index (χ2n) is 13.5. The molecule has 0 N–H and O–H groups in total. The van der Waals surface area contributed by atoms with Gasteiger partial charge in [0.15, 0.2) is 5.82 Å². The Labute approximate surface area is 313 Å². The molecule has 0 saturated heterocycles. The molecular weight excluding hydrogens is 657 g/mol. The summed E-state index contributed by atoms with van der Waals surface area (Å²) in [6.07, 6.45) is 0. The highest BCUT2D eigenvalue weighted by molar-refractivity contribution is 5.90. The summed E-state index contributed by atoms with van der Waals surface area (Å²) in [5.41, 5.74) is 12.5.